The molecule has 3 N–H and O–H groups in total. The van der Waals surface area contributed by atoms with E-state index in [0.29, 0.717) is 0 Å². The molecule has 2 unspecified atom stereocenters. The molecule has 1 saturated heterocycles. The van der Waals surface area contributed by atoms with Crippen molar-refractivity contribution in [2.45, 2.75) is 54.6 Å². The van der Waals surface area contributed by atoms with Crippen LogP contribution in [0.5, 0.6) is 5.75 Å². The van der Waals surface area contributed by atoms with Crippen molar-refractivity contribution >= 4 is 45.6 Å². The zero-order valence-corrected chi connectivity index (χ0v) is 23.6. The molecule has 1 fully saturated rings. The van der Waals surface area contributed by atoms with Gasteiger partial charge in [-0.3, -0.25) is 23.7 Å². The number of ether oxygens (including phenoxy) is 2. The number of benzene rings is 1. The monoisotopic (exact) mass is 653 g/mol. The van der Waals surface area contributed by atoms with E-state index < -0.39 is 65.4 Å². The van der Waals surface area contributed by atoms with E-state index in [0.717, 1.165) is 10.6 Å². The number of aromatic nitrogens is 2. The highest BCUT2D eigenvalue weighted by Gasteiger charge is 2.55. The molecule has 0 saturated carbocycles. The fourth-order valence-corrected chi connectivity index (χ4v) is 5.97. The average Bonchev–Trinajstić information content (AvgIpc) is 3.01. The normalized spacial score (nSPS) is 23.7. The minimum Gasteiger partial charge on any atom is -0.462 e. The first kappa shape index (κ1) is 28.8. The predicted octanol–water partition coefficient (Wildman–Crippen LogP) is 2.41. The molecule has 0 spiro atoms. The third kappa shape index (κ3) is 6.94. The van der Waals surface area contributed by atoms with Crippen molar-refractivity contribution in [3.63, 3.8) is 0 Å². The first-order chi connectivity index (χ1) is 16.8. The van der Waals surface area contributed by atoms with E-state index in [9.17, 15) is 24.1 Å². The zero-order chi connectivity index (χ0) is 26.7. The van der Waals surface area contributed by atoms with Gasteiger partial charge in [-0.15, -0.1) is 0 Å². The predicted molar refractivity (Wildman–Crippen MR) is 136 cm³/mol. The number of nitrogens with zero attached hydrogens (tertiary/aromatic N) is 1. The summed E-state index contributed by atoms with van der Waals surface area (Å²) in [5, 5.41) is 13.4. The summed E-state index contributed by atoms with van der Waals surface area (Å²) in [7, 11) is -4.21. The van der Waals surface area contributed by atoms with Crippen LogP contribution >= 0.6 is 39.6 Å². The second-order valence-electron chi connectivity index (χ2n) is 8.20. The molecule has 3 rings (SSSR count). The van der Waals surface area contributed by atoms with E-state index in [1.807, 2.05) is 0 Å². The molecule has 2 heterocycles. The Morgan fingerprint density at radius 1 is 1.25 bits per heavy atom. The SMILES string of the molecule is CC(C)OC(=O)[C@H](C)NP(=O)(OC[C@H]1OC(n2ccc(=O)[nH]c2=O)C(Br)(Br)[C@@H]1O)Oc1ccccc1. The van der Waals surface area contributed by atoms with Crippen LogP contribution < -0.4 is 20.9 Å². The largest absolute Gasteiger partial charge is 0.462 e. The number of carbonyl (C=O) groups is 1. The molecule has 1 aromatic carbocycles. The highest BCUT2D eigenvalue weighted by Crippen LogP contribution is 2.51. The summed E-state index contributed by atoms with van der Waals surface area (Å²) in [4.78, 5) is 38.1. The maximum Gasteiger partial charge on any atom is 0.459 e. The number of nitrogens with one attached hydrogen (secondary N) is 2. The summed E-state index contributed by atoms with van der Waals surface area (Å²) < 4.78 is 35.5. The Kier molecular flexibility index (Phi) is 9.36. The van der Waals surface area contributed by atoms with Crippen LogP contribution in [0.3, 0.4) is 0 Å². The molecule has 5 atom stereocenters. The zero-order valence-electron chi connectivity index (χ0n) is 19.5. The van der Waals surface area contributed by atoms with E-state index in [1.165, 1.54) is 13.1 Å². The van der Waals surface area contributed by atoms with Crippen LogP contribution in [0, 0.1) is 0 Å². The van der Waals surface area contributed by atoms with Gasteiger partial charge in [0.25, 0.3) is 5.56 Å². The van der Waals surface area contributed by atoms with Crippen LogP contribution in [0.25, 0.3) is 0 Å². The number of carbonyl (C=O) groups excluding carboxylic acids is 1. The number of esters is 1. The second kappa shape index (κ2) is 11.7. The van der Waals surface area contributed by atoms with Gasteiger partial charge in [-0.2, -0.15) is 5.09 Å². The Morgan fingerprint density at radius 2 is 1.92 bits per heavy atom. The quantitative estimate of drug-likeness (QED) is 0.197. The molecule has 198 valence electrons. The number of halogens is 2. The van der Waals surface area contributed by atoms with Crippen molar-refractivity contribution in [3.05, 3.63) is 63.4 Å². The van der Waals surface area contributed by atoms with Crippen LogP contribution in [0.2, 0.25) is 0 Å². The Balaban J connectivity index is 1.80. The third-order valence-electron chi connectivity index (χ3n) is 4.92. The number of alkyl halides is 2. The first-order valence-electron chi connectivity index (χ1n) is 10.8. The highest BCUT2D eigenvalue weighted by atomic mass is 79.9. The van der Waals surface area contributed by atoms with Crippen molar-refractivity contribution in [2.24, 2.45) is 0 Å². The molecule has 2 aromatic rings. The fraction of sp³-hybridized carbons (Fsp3) is 0.476. The van der Waals surface area contributed by atoms with Crippen molar-refractivity contribution in [3.8, 4) is 5.75 Å². The Bertz CT molecular complexity index is 1220. The molecule has 0 bridgehead atoms. The summed E-state index contributed by atoms with van der Waals surface area (Å²) in [6.07, 6.45) is -2.72. The van der Waals surface area contributed by atoms with Gasteiger partial charge in [-0.05, 0) is 32.9 Å². The third-order valence-corrected chi connectivity index (χ3v) is 8.28. The number of hydrogen-bond acceptors (Lipinski definition) is 9. The summed E-state index contributed by atoms with van der Waals surface area (Å²) in [5.41, 5.74) is -1.36. The van der Waals surface area contributed by atoms with Crippen molar-refractivity contribution in [2.75, 3.05) is 6.61 Å². The van der Waals surface area contributed by atoms with Gasteiger partial charge < -0.3 is 19.1 Å². The molecular weight excluding hydrogens is 629 g/mol. The average molecular weight is 655 g/mol. The van der Waals surface area contributed by atoms with Gasteiger partial charge in [0.15, 0.2) is 9.46 Å². The number of aliphatic hydroxyl groups excluding tert-OH is 1. The summed E-state index contributed by atoms with van der Waals surface area (Å²) in [5.74, 6) is -0.460. The lowest BCUT2D eigenvalue weighted by Crippen LogP contribution is -2.41. The lowest BCUT2D eigenvalue weighted by Gasteiger charge is -2.25. The first-order valence-corrected chi connectivity index (χ1v) is 14.0. The summed E-state index contributed by atoms with van der Waals surface area (Å²) in [6.45, 7) is 4.34. The van der Waals surface area contributed by atoms with Gasteiger partial charge in [0.05, 0.1) is 12.7 Å². The Morgan fingerprint density at radius 3 is 2.53 bits per heavy atom. The summed E-state index contributed by atoms with van der Waals surface area (Å²) in [6, 6.07) is 8.23. The van der Waals surface area contributed by atoms with E-state index in [4.69, 9.17) is 18.5 Å². The minimum atomic E-state index is -4.21. The summed E-state index contributed by atoms with van der Waals surface area (Å²) >= 11 is 6.64. The lowest BCUT2D eigenvalue weighted by atomic mass is 10.2. The standard InChI is InChI=1S/C21H26Br2N3O9P/c1-12(2)33-18(29)13(3)25-36(31,35-14-7-5-4-6-8-14)32-11-15-17(28)21(22,23)19(34-15)26-10-9-16(27)24-20(26)30/h4-10,12-13,15,17,19,28H,11H2,1-3H3,(H,25,31)(H,24,27,30)/t13-,15+,17+,19?,36?/m0/s1. The highest BCUT2D eigenvalue weighted by molar-refractivity contribution is 9.25. The molecule has 12 nitrogen and oxygen atoms in total. The lowest BCUT2D eigenvalue weighted by molar-refractivity contribution is -0.149. The van der Waals surface area contributed by atoms with Gasteiger partial charge in [-0.1, -0.05) is 50.1 Å². The molecule has 0 radical (unpaired) electrons. The van der Waals surface area contributed by atoms with Gasteiger partial charge in [0.2, 0.25) is 0 Å². The van der Waals surface area contributed by atoms with E-state index in [1.54, 1.807) is 44.2 Å². The van der Waals surface area contributed by atoms with Gasteiger partial charge in [0.1, 0.15) is 24.0 Å². The van der Waals surface area contributed by atoms with Crippen molar-refractivity contribution in [1.82, 2.24) is 14.6 Å². The van der Waals surface area contributed by atoms with Gasteiger partial charge >= 0.3 is 19.4 Å². The van der Waals surface area contributed by atoms with Crippen LogP contribution in [0.4, 0.5) is 0 Å². The maximum atomic E-state index is 13.6. The molecule has 0 amide bonds. The van der Waals surface area contributed by atoms with Crippen LogP contribution in [0.1, 0.15) is 27.0 Å². The van der Waals surface area contributed by atoms with Crippen LogP contribution in [-0.2, 0) is 23.4 Å². The Hall–Kier alpha value is -1.80. The fourth-order valence-electron chi connectivity index (χ4n) is 3.22. The molecule has 1 aromatic heterocycles. The molecule has 1 aliphatic heterocycles. The van der Waals surface area contributed by atoms with Gasteiger partial charge in [-0.25, -0.2) is 9.36 Å². The van der Waals surface area contributed by atoms with Crippen LogP contribution in [0.15, 0.2) is 52.2 Å². The number of aromatic amines is 1. The van der Waals surface area contributed by atoms with Crippen molar-refractivity contribution < 1.29 is 33.0 Å². The number of hydrogen-bond donors (Lipinski definition) is 3. The number of rotatable bonds is 10. The number of para-hydroxylation sites is 1. The van der Waals surface area contributed by atoms with Crippen molar-refractivity contribution in [1.29, 1.82) is 0 Å². The van der Waals surface area contributed by atoms with Gasteiger partial charge in [0, 0.05) is 12.3 Å². The molecule has 1 aliphatic rings. The smallest absolute Gasteiger partial charge is 0.459 e. The number of H-pyrrole nitrogens is 1. The minimum absolute atomic E-state index is 0.207. The molecule has 15 heteroatoms. The Labute approximate surface area is 223 Å². The topological polar surface area (TPSA) is 158 Å². The second-order valence-corrected chi connectivity index (χ2v) is 13.6. The van der Waals surface area contributed by atoms with E-state index in [2.05, 4.69) is 41.9 Å². The van der Waals surface area contributed by atoms with E-state index in [-0.39, 0.29) is 5.75 Å². The molecular formula is C21H26Br2N3O9P. The van der Waals surface area contributed by atoms with Crippen LogP contribution in [-0.4, -0.2) is 54.8 Å². The maximum absolute atomic E-state index is 13.6. The van der Waals surface area contributed by atoms with E-state index >= 15 is 0 Å². The molecule has 0 aliphatic carbocycles. The molecule has 36 heavy (non-hydrogen) atoms. The number of aliphatic hydroxyl groups is 1.